The van der Waals surface area contributed by atoms with Crippen LogP contribution < -0.4 is 0 Å². The molecule has 5 heteroatoms. The van der Waals surface area contributed by atoms with Crippen molar-refractivity contribution in [2.45, 2.75) is 25.1 Å². The summed E-state index contributed by atoms with van der Waals surface area (Å²) in [4.78, 5) is 4.56. The van der Waals surface area contributed by atoms with Crippen LogP contribution in [0.25, 0.3) is 10.6 Å². The lowest BCUT2D eigenvalue weighted by molar-refractivity contribution is 0.870. The Balaban J connectivity index is 2.35. The van der Waals surface area contributed by atoms with Gasteiger partial charge in [-0.05, 0) is 25.5 Å². The number of aryl methyl sites for hydroxylation is 1. The van der Waals surface area contributed by atoms with E-state index in [2.05, 4.69) is 38.0 Å². The Bertz CT molecular complexity index is 484. The van der Waals surface area contributed by atoms with Gasteiger partial charge in [-0.2, -0.15) is 0 Å². The maximum absolute atomic E-state index is 4.26. The molecule has 16 heavy (non-hydrogen) atoms. The summed E-state index contributed by atoms with van der Waals surface area (Å²) >= 11 is 5.21. The molecule has 0 aliphatic carbocycles. The van der Waals surface area contributed by atoms with Gasteiger partial charge >= 0.3 is 0 Å². The molecule has 0 amide bonds. The van der Waals surface area contributed by atoms with Crippen LogP contribution >= 0.6 is 27.3 Å². The molecule has 84 valence electrons. The molecule has 0 fully saturated rings. The Morgan fingerprint density at radius 1 is 1.44 bits per heavy atom. The first-order valence-corrected chi connectivity index (χ1v) is 6.85. The second-order valence-corrected chi connectivity index (χ2v) is 5.57. The molecule has 0 bridgehead atoms. The van der Waals surface area contributed by atoms with Gasteiger partial charge in [-0.1, -0.05) is 34.2 Å². The summed E-state index contributed by atoms with van der Waals surface area (Å²) in [5.74, 6) is 0. The average Bonchev–Trinajstić information content (AvgIpc) is 2.78. The zero-order chi connectivity index (χ0) is 11.5. The van der Waals surface area contributed by atoms with E-state index in [-0.39, 0.29) is 0 Å². The molecule has 2 aromatic heterocycles. The second-order valence-electron chi connectivity index (χ2n) is 3.46. The Hall–Kier alpha value is -0.810. The highest BCUT2D eigenvalue weighted by molar-refractivity contribution is 9.09. The lowest BCUT2D eigenvalue weighted by Crippen LogP contribution is -1.85. The minimum absolute atomic E-state index is 0.302. The predicted molar refractivity (Wildman–Crippen MR) is 69.8 cm³/mol. The standard InChI is InChI=1S/C11H12BrN3S/c1-3-9(12)11-15-14-10(16-11)8-5-4-6-13-7(8)2/h4-6,9H,3H2,1-2H3. The molecule has 0 aromatic carbocycles. The van der Waals surface area contributed by atoms with E-state index in [9.17, 15) is 0 Å². The van der Waals surface area contributed by atoms with Gasteiger partial charge in [0.05, 0.1) is 4.83 Å². The Morgan fingerprint density at radius 2 is 2.25 bits per heavy atom. The first kappa shape index (κ1) is 11.7. The van der Waals surface area contributed by atoms with Gasteiger partial charge in [0, 0.05) is 17.5 Å². The van der Waals surface area contributed by atoms with Crippen LogP contribution in [0, 0.1) is 6.92 Å². The van der Waals surface area contributed by atoms with E-state index in [4.69, 9.17) is 0 Å². The van der Waals surface area contributed by atoms with Crippen molar-refractivity contribution in [3.05, 3.63) is 29.0 Å². The first-order chi connectivity index (χ1) is 7.72. The largest absolute Gasteiger partial charge is 0.261 e. The third-order valence-electron chi connectivity index (χ3n) is 2.30. The van der Waals surface area contributed by atoms with E-state index in [1.54, 1.807) is 17.5 Å². The van der Waals surface area contributed by atoms with Crippen LogP contribution in [0.2, 0.25) is 0 Å². The maximum Gasteiger partial charge on any atom is 0.149 e. The SMILES string of the molecule is CCC(Br)c1nnc(-c2cccnc2C)s1. The van der Waals surface area contributed by atoms with E-state index in [1.165, 1.54) is 0 Å². The van der Waals surface area contributed by atoms with Crippen LogP contribution in [-0.4, -0.2) is 15.2 Å². The highest BCUT2D eigenvalue weighted by Gasteiger charge is 2.13. The number of halogens is 1. The molecule has 2 heterocycles. The molecule has 1 unspecified atom stereocenters. The van der Waals surface area contributed by atoms with Crippen LogP contribution in [0.15, 0.2) is 18.3 Å². The Labute approximate surface area is 107 Å². The molecule has 0 radical (unpaired) electrons. The molecule has 0 spiro atoms. The fourth-order valence-corrected chi connectivity index (χ4v) is 2.71. The third kappa shape index (κ3) is 2.30. The molecule has 0 saturated carbocycles. The van der Waals surface area contributed by atoms with Crippen LogP contribution in [-0.2, 0) is 0 Å². The van der Waals surface area contributed by atoms with Crippen LogP contribution in [0.1, 0.15) is 28.9 Å². The fraction of sp³-hybridized carbons (Fsp3) is 0.364. The van der Waals surface area contributed by atoms with Gasteiger partial charge in [-0.3, -0.25) is 4.98 Å². The number of rotatable bonds is 3. The minimum Gasteiger partial charge on any atom is -0.261 e. The van der Waals surface area contributed by atoms with E-state index < -0.39 is 0 Å². The van der Waals surface area contributed by atoms with Crippen molar-refractivity contribution in [2.75, 3.05) is 0 Å². The minimum atomic E-state index is 0.302. The molecule has 2 rings (SSSR count). The summed E-state index contributed by atoms with van der Waals surface area (Å²) in [5, 5.41) is 10.4. The van der Waals surface area contributed by atoms with Gasteiger partial charge in [0.2, 0.25) is 0 Å². The molecular weight excluding hydrogens is 286 g/mol. The first-order valence-electron chi connectivity index (χ1n) is 5.11. The monoisotopic (exact) mass is 297 g/mol. The molecule has 1 atom stereocenters. The normalized spacial score (nSPS) is 12.7. The molecule has 0 aliphatic heterocycles. The summed E-state index contributed by atoms with van der Waals surface area (Å²) in [6.45, 7) is 4.11. The van der Waals surface area contributed by atoms with E-state index in [0.717, 1.165) is 27.7 Å². The molecule has 2 aromatic rings. The lowest BCUT2D eigenvalue weighted by Gasteiger charge is -1.99. The van der Waals surface area contributed by atoms with Gasteiger partial charge in [0.15, 0.2) is 0 Å². The van der Waals surface area contributed by atoms with Crippen molar-refractivity contribution >= 4 is 27.3 Å². The molecular formula is C11H12BrN3S. The van der Waals surface area contributed by atoms with Crippen molar-refractivity contribution in [2.24, 2.45) is 0 Å². The van der Waals surface area contributed by atoms with Crippen molar-refractivity contribution in [3.63, 3.8) is 0 Å². The second kappa shape index (κ2) is 5.01. The number of aromatic nitrogens is 3. The van der Waals surface area contributed by atoms with Crippen molar-refractivity contribution < 1.29 is 0 Å². The van der Waals surface area contributed by atoms with Crippen molar-refractivity contribution in [1.29, 1.82) is 0 Å². The van der Waals surface area contributed by atoms with Crippen LogP contribution in [0.3, 0.4) is 0 Å². The predicted octanol–water partition coefficient (Wildman–Crippen LogP) is 3.75. The smallest absolute Gasteiger partial charge is 0.149 e. The number of pyridine rings is 1. The number of alkyl halides is 1. The fourth-order valence-electron chi connectivity index (χ4n) is 1.35. The lowest BCUT2D eigenvalue weighted by atomic mass is 10.2. The topological polar surface area (TPSA) is 38.7 Å². The van der Waals surface area contributed by atoms with Crippen LogP contribution in [0.5, 0.6) is 0 Å². The average molecular weight is 298 g/mol. The quantitative estimate of drug-likeness (QED) is 0.810. The van der Waals surface area contributed by atoms with Gasteiger partial charge in [-0.15, -0.1) is 10.2 Å². The number of hydrogen-bond acceptors (Lipinski definition) is 4. The maximum atomic E-state index is 4.26. The Kier molecular flexibility index (Phi) is 3.66. The van der Waals surface area contributed by atoms with Gasteiger partial charge in [-0.25, -0.2) is 0 Å². The Morgan fingerprint density at radius 3 is 2.94 bits per heavy atom. The number of nitrogens with zero attached hydrogens (tertiary/aromatic N) is 3. The van der Waals surface area contributed by atoms with E-state index in [0.29, 0.717) is 4.83 Å². The highest BCUT2D eigenvalue weighted by Crippen LogP contribution is 2.33. The number of hydrogen-bond donors (Lipinski definition) is 0. The van der Waals surface area contributed by atoms with Crippen molar-refractivity contribution in [3.8, 4) is 10.6 Å². The summed E-state index contributed by atoms with van der Waals surface area (Å²) in [6, 6.07) is 3.96. The molecule has 0 aliphatic rings. The summed E-state index contributed by atoms with van der Waals surface area (Å²) in [6.07, 6.45) is 2.81. The highest BCUT2D eigenvalue weighted by atomic mass is 79.9. The summed E-state index contributed by atoms with van der Waals surface area (Å²) < 4.78 is 0. The van der Waals surface area contributed by atoms with Crippen molar-refractivity contribution in [1.82, 2.24) is 15.2 Å². The van der Waals surface area contributed by atoms with E-state index in [1.807, 2.05) is 19.1 Å². The third-order valence-corrected chi connectivity index (χ3v) is 4.76. The zero-order valence-electron chi connectivity index (χ0n) is 9.14. The van der Waals surface area contributed by atoms with Gasteiger partial charge in [0.25, 0.3) is 0 Å². The van der Waals surface area contributed by atoms with Gasteiger partial charge in [0.1, 0.15) is 10.0 Å². The molecule has 0 N–H and O–H groups in total. The summed E-state index contributed by atoms with van der Waals surface area (Å²) in [7, 11) is 0. The molecule has 3 nitrogen and oxygen atoms in total. The zero-order valence-corrected chi connectivity index (χ0v) is 11.5. The van der Waals surface area contributed by atoms with Crippen LogP contribution in [0.4, 0.5) is 0 Å². The molecule has 0 saturated heterocycles. The van der Waals surface area contributed by atoms with E-state index >= 15 is 0 Å². The van der Waals surface area contributed by atoms with Gasteiger partial charge < -0.3 is 0 Å². The summed E-state index contributed by atoms with van der Waals surface area (Å²) in [5.41, 5.74) is 2.06.